The van der Waals surface area contributed by atoms with Gasteiger partial charge in [0.1, 0.15) is 0 Å². The van der Waals surface area contributed by atoms with Gasteiger partial charge in [-0.3, -0.25) is 0 Å². The molecular weight excluding hydrogens is 160 g/mol. The first-order valence-electron chi connectivity index (χ1n) is 5.75. The molecule has 2 atom stereocenters. The van der Waals surface area contributed by atoms with Crippen LogP contribution in [0.4, 0.5) is 0 Å². The second kappa shape index (κ2) is 5.61. The highest BCUT2D eigenvalue weighted by molar-refractivity contribution is 4.81. The Kier molecular flexibility index (Phi) is 4.74. The highest BCUT2D eigenvalue weighted by Gasteiger charge is 2.23. The maximum absolute atomic E-state index is 3.62. The van der Waals surface area contributed by atoms with Crippen LogP contribution in [0.5, 0.6) is 0 Å². The van der Waals surface area contributed by atoms with Crippen LogP contribution < -0.4 is 5.32 Å². The molecule has 1 rings (SSSR count). The third-order valence-electron chi connectivity index (χ3n) is 3.10. The third kappa shape index (κ3) is 3.28. The first kappa shape index (κ1) is 11.0. The number of nitrogens with one attached hydrogen (secondary N) is 1. The van der Waals surface area contributed by atoms with E-state index in [1.807, 2.05) is 0 Å². The van der Waals surface area contributed by atoms with Gasteiger partial charge in [0.25, 0.3) is 0 Å². The largest absolute Gasteiger partial charge is 0.314 e. The zero-order chi connectivity index (χ0) is 9.68. The molecule has 1 saturated heterocycles. The summed E-state index contributed by atoms with van der Waals surface area (Å²) in [6.07, 6.45) is 3.91. The molecule has 2 unspecified atom stereocenters. The fraction of sp³-hybridized carbons (Fsp3) is 1.00. The Morgan fingerprint density at radius 2 is 2.15 bits per heavy atom. The fourth-order valence-electron chi connectivity index (χ4n) is 2.22. The van der Waals surface area contributed by atoms with Gasteiger partial charge in [-0.1, -0.05) is 13.8 Å². The number of rotatable bonds is 4. The zero-order valence-electron chi connectivity index (χ0n) is 9.34. The van der Waals surface area contributed by atoms with E-state index in [0.29, 0.717) is 0 Å². The van der Waals surface area contributed by atoms with E-state index in [1.165, 1.54) is 38.9 Å². The van der Waals surface area contributed by atoms with Gasteiger partial charge in [-0.05, 0) is 45.8 Å². The van der Waals surface area contributed by atoms with Gasteiger partial charge in [0.05, 0.1) is 0 Å². The molecule has 0 aliphatic carbocycles. The molecule has 1 aliphatic heterocycles. The van der Waals surface area contributed by atoms with Crippen molar-refractivity contribution in [2.24, 2.45) is 0 Å². The maximum Gasteiger partial charge on any atom is 0.00940 e. The Hall–Kier alpha value is -0.0800. The molecule has 13 heavy (non-hydrogen) atoms. The van der Waals surface area contributed by atoms with Crippen molar-refractivity contribution in [2.45, 2.75) is 52.1 Å². The van der Waals surface area contributed by atoms with Crippen molar-refractivity contribution in [3.8, 4) is 0 Å². The van der Waals surface area contributed by atoms with E-state index in [0.717, 1.165) is 12.1 Å². The maximum atomic E-state index is 3.62. The molecule has 0 radical (unpaired) electrons. The Morgan fingerprint density at radius 1 is 1.38 bits per heavy atom. The van der Waals surface area contributed by atoms with E-state index in [-0.39, 0.29) is 0 Å². The molecule has 1 heterocycles. The Morgan fingerprint density at radius 3 is 2.69 bits per heavy atom. The molecule has 1 fully saturated rings. The molecule has 1 N–H and O–H groups in total. The second-order valence-corrected chi connectivity index (χ2v) is 4.15. The van der Waals surface area contributed by atoms with Gasteiger partial charge >= 0.3 is 0 Å². The van der Waals surface area contributed by atoms with Gasteiger partial charge in [-0.2, -0.15) is 0 Å². The summed E-state index contributed by atoms with van der Waals surface area (Å²) in [5.74, 6) is 0. The van der Waals surface area contributed by atoms with Gasteiger partial charge in [0.15, 0.2) is 0 Å². The van der Waals surface area contributed by atoms with Crippen LogP contribution >= 0.6 is 0 Å². The van der Waals surface area contributed by atoms with Gasteiger partial charge < -0.3 is 10.2 Å². The van der Waals surface area contributed by atoms with Crippen LogP contribution in [0.3, 0.4) is 0 Å². The fourth-order valence-corrected chi connectivity index (χ4v) is 2.22. The molecule has 0 aromatic carbocycles. The first-order valence-corrected chi connectivity index (χ1v) is 5.75. The molecule has 0 amide bonds. The van der Waals surface area contributed by atoms with E-state index >= 15 is 0 Å². The number of piperidine rings is 1. The average Bonchev–Trinajstić information content (AvgIpc) is 2.15. The van der Waals surface area contributed by atoms with Crippen LogP contribution in [-0.4, -0.2) is 36.6 Å². The van der Waals surface area contributed by atoms with Crippen LogP contribution in [0.25, 0.3) is 0 Å². The third-order valence-corrected chi connectivity index (χ3v) is 3.10. The van der Waals surface area contributed by atoms with Crippen molar-refractivity contribution in [3.05, 3.63) is 0 Å². The Labute approximate surface area is 82.7 Å². The van der Waals surface area contributed by atoms with Gasteiger partial charge in [-0.15, -0.1) is 0 Å². The van der Waals surface area contributed by atoms with E-state index in [1.54, 1.807) is 0 Å². The highest BCUT2D eigenvalue weighted by Crippen LogP contribution is 2.16. The van der Waals surface area contributed by atoms with Crippen LogP contribution in [0.15, 0.2) is 0 Å². The summed E-state index contributed by atoms with van der Waals surface area (Å²) in [6, 6.07) is 1.55. The van der Waals surface area contributed by atoms with Crippen LogP contribution in [0.2, 0.25) is 0 Å². The van der Waals surface area contributed by atoms with Gasteiger partial charge in [0, 0.05) is 12.1 Å². The smallest absolute Gasteiger partial charge is 0.00940 e. The standard InChI is InChI=1S/C11H24N2/c1-4-7-12-11-6-8-13(5-2)10(3)9-11/h10-12H,4-9H2,1-3H3. The lowest BCUT2D eigenvalue weighted by Crippen LogP contribution is -2.47. The summed E-state index contributed by atoms with van der Waals surface area (Å²) in [5.41, 5.74) is 0. The van der Waals surface area contributed by atoms with E-state index < -0.39 is 0 Å². The number of nitrogens with zero attached hydrogens (tertiary/aromatic N) is 1. The minimum Gasteiger partial charge on any atom is -0.314 e. The van der Waals surface area contributed by atoms with E-state index in [4.69, 9.17) is 0 Å². The van der Waals surface area contributed by atoms with Crippen molar-refractivity contribution >= 4 is 0 Å². The monoisotopic (exact) mass is 184 g/mol. The molecule has 2 nitrogen and oxygen atoms in total. The van der Waals surface area contributed by atoms with Crippen LogP contribution in [-0.2, 0) is 0 Å². The van der Waals surface area contributed by atoms with Crippen molar-refractivity contribution in [3.63, 3.8) is 0 Å². The summed E-state index contributed by atoms with van der Waals surface area (Å²) in [7, 11) is 0. The molecule has 2 heteroatoms. The number of hydrogen-bond acceptors (Lipinski definition) is 2. The zero-order valence-corrected chi connectivity index (χ0v) is 9.34. The molecular formula is C11H24N2. The first-order chi connectivity index (χ1) is 6.27. The molecule has 0 aromatic heterocycles. The van der Waals surface area contributed by atoms with Crippen molar-refractivity contribution < 1.29 is 0 Å². The summed E-state index contributed by atoms with van der Waals surface area (Å²) >= 11 is 0. The number of hydrogen-bond donors (Lipinski definition) is 1. The lowest BCUT2D eigenvalue weighted by atomic mass is 9.98. The van der Waals surface area contributed by atoms with Crippen molar-refractivity contribution in [2.75, 3.05) is 19.6 Å². The van der Waals surface area contributed by atoms with E-state index in [9.17, 15) is 0 Å². The summed E-state index contributed by atoms with van der Waals surface area (Å²) in [4.78, 5) is 2.57. The Bertz CT molecular complexity index is 136. The van der Waals surface area contributed by atoms with E-state index in [2.05, 4.69) is 31.0 Å². The lowest BCUT2D eigenvalue weighted by Gasteiger charge is -2.37. The van der Waals surface area contributed by atoms with Crippen LogP contribution in [0.1, 0.15) is 40.0 Å². The molecule has 0 bridgehead atoms. The predicted octanol–water partition coefficient (Wildman–Crippen LogP) is 1.86. The van der Waals surface area contributed by atoms with Crippen molar-refractivity contribution in [1.29, 1.82) is 0 Å². The molecule has 0 aromatic rings. The normalized spacial score (nSPS) is 30.7. The van der Waals surface area contributed by atoms with Crippen molar-refractivity contribution in [1.82, 2.24) is 10.2 Å². The molecule has 1 aliphatic rings. The number of likely N-dealkylation sites (tertiary alicyclic amines) is 1. The highest BCUT2D eigenvalue weighted by atomic mass is 15.2. The predicted molar refractivity (Wildman–Crippen MR) is 58.0 cm³/mol. The average molecular weight is 184 g/mol. The quantitative estimate of drug-likeness (QED) is 0.717. The summed E-state index contributed by atoms with van der Waals surface area (Å²) in [6.45, 7) is 10.5. The minimum atomic E-state index is 0.771. The van der Waals surface area contributed by atoms with Gasteiger partial charge in [-0.25, -0.2) is 0 Å². The lowest BCUT2D eigenvalue weighted by molar-refractivity contribution is 0.143. The van der Waals surface area contributed by atoms with Crippen LogP contribution in [0, 0.1) is 0 Å². The SMILES string of the molecule is CCCNC1CCN(CC)C(C)C1. The topological polar surface area (TPSA) is 15.3 Å². The second-order valence-electron chi connectivity index (χ2n) is 4.15. The molecule has 0 spiro atoms. The Balaban J connectivity index is 2.24. The van der Waals surface area contributed by atoms with Gasteiger partial charge in [0.2, 0.25) is 0 Å². The molecule has 78 valence electrons. The minimum absolute atomic E-state index is 0.771. The molecule has 0 saturated carbocycles. The summed E-state index contributed by atoms with van der Waals surface area (Å²) in [5, 5.41) is 3.62. The summed E-state index contributed by atoms with van der Waals surface area (Å²) < 4.78 is 0.